The highest BCUT2D eigenvalue weighted by Crippen LogP contribution is 2.55. The number of phenols is 1. The Morgan fingerprint density at radius 3 is 2.23 bits per heavy atom. The van der Waals surface area contributed by atoms with Gasteiger partial charge in [0.1, 0.15) is 28.4 Å². The van der Waals surface area contributed by atoms with E-state index in [1.54, 1.807) is 6.92 Å². The first-order valence-electron chi connectivity index (χ1n) is 10.6. The number of Topliss-reactive ketones (excluding diaryl/α,β-unsaturated/α-hetero) is 2. The maximum atomic E-state index is 13.5. The minimum Gasteiger partial charge on any atom is -0.510 e. The van der Waals surface area contributed by atoms with E-state index in [-0.39, 0.29) is 5.56 Å². The van der Waals surface area contributed by atoms with Crippen LogP contribution in [-0.4, -0.2) is 90.8 Å². The quantitative estimate of drug-likeness (QED) is 0.265. The molecule has 0 saturated carbocycles. The van der Waals surface area contributed by atoms with Gasteiger partial charge in [0.2, 0.25) is 5.78 Å². The van der Waals surface area contributed by atoms with Crippen molar-refractivity contribution in [1.29, 1.82) is 0 Å². The molecule has 1 amide bonds. The molecular weight excluding hydrogens is 464 g/mol. The van der Waals surface area contributed by atoms with Crippen LogP contribution in [0.2, 0.25) is 0 Å². The lowest BCUT2D eigenvalue weighted by Gasteiger charge is -2.53. The molecule has 12 heteroatoms. The number of benzene rings is 1. The van der Waals surface area contributed by atoms with Crippen molar-refractivity contribution >= 4 is 23.4 Å². The molecule has 0 radical (unpaired) electrons. The Labute approximate surface area is 198 Å². The predicted molar refractivity (Wildman–Crippen MR) is 117 cm³/mol. The number of primary amides is 1. The molecule has 0 spiro atoms. The standard InChI is InChI=1S/C23H24N2O10/c1-6-7-4-5-8(22(33)34)15(26)10(7)16(27)11-9(6)17(28)13-14(25(2)3)18(29)12(21(24)32)20(31)23(13,35)19(11)30/h4-6,9,13-14,17,26,28-30,35H,1-3H3,(H2,24,32)(H,33,34)/t6?,9?,13?,14-,17?,23-/m0/s1. The normalized spacial score (nSPS) is 32.3. The van der Waals surface area contributed by atoms with Crippen LogP contribution in [0.3, 0.4) is 0 Å². The van der Waals surface area contributed by atoms with E-state index in [2.05, 4.69) is 0 Å². The lowest BCUT2D eigenvalue weighted by atomic mass is 9.55. The van der Waals surface area contributed by atoms with Crippen molar-refractivity contribution in [3.05, 3.63) is 51.5 Å². The van der Waals surface area contributed by atoms with Gasteiger partial charge in [0.15, 0.2) is 11.4 Å². The van der Waals surface area contributed by atoms with Crippen molar-refractivity contribution in [1.82, 2.24) is 4.90 Å². The minimum absolute atomic E-state index is 0.185. The fourth-order valence-electron chi connectivity index (χ4n) is 5.80. The molecule has 3 aliphatic carbocycles. The zero-order chi connectivity index (χ0) is 26.3. The summed E-state index contributed by atoms with van der Waals surface area (Å²) in [6.45, 7) is 1.55. The van der Waals surface area contributed by atoms with Crippen LogP contribution in [0.4, 0.5) is 0 Å². The molecule has 3 aliphatic rings. The SMILES string of the molecule is CC1c2ccc(C(=O)O)c(O)c2C(=O)C2=C(O)[C@]3(O)C(=O)C(C(N)=O)=C(O)[C@@H](N(C)C)C3C(O)C21. The highest BCUT2D eigenvalue weighted by molar-refractivity contribution is 6.25. The van der Waals surface area contributed by atoms with E-state index in [0.717, 1.165) is 6.07 Å². The summed E-state index contributed by atoms with van der Waals surface area (Å²) in [5.41, 5.74) is -0.217. The van der Waals surface area contributed by atoms with Crippen molar-refractivity contribution in [3.8, 4) is 5.75 Å². The van der Waals surface area contributed by atoms with E-state index < -0.39 is 98.5 Å². The third kappa shape index (κ3) is 2.90. The predicted octanol–water partition coefficient (Wildman–Crippen LogP) is -0.649. The molecule has 12 nitrogen and oxygen atoms in total. The maximum Gasteiger partial charge on any atom is 0.339 e. The summed E-state index contributed by atoms with van der Waals surface area (Å²) >= 11 is 0. The summed E-state index contributed by atoms with van der Waals surface area (Å²) < 4.78 is 0. The Morgan fingerprint density at radius 1 is 1.11 bits per heavy atom. The summed E-state index contributed by atoms with van der Waals surface area (Å²) in [6.07, 6.45) is -1.72. The number of aromatic carboxylic acids is 1. The van der Waals surface area contributed by atoms with Gasteiger partial charge in [-0.05, 0) is 31.6 Å². The molecule has 35 heavy (non-hydrogen) atoms. The van der Waals surface area contributed by atoms with Crippen LogP contribution in [0.1, 0.15) is 39.1 Å². The second-order valence-corrected chi connectivity index (χ2v) is 9.28. The van der Waals surface area contributed by atoms with Crippen LogP contribution in [-0.2, 0) is 9.59 Å². The van der Waals surface area contributed by atoms with Gasteiger partial charge in [-0.2, -0.15) is 0 Å². The molecule has 1 aromatic rings. The molecule has 0 saturated heterocycles. The first-order valence-corrected chi connectivity index (χ1v) is 10.6. The monoisotopic (exact) mass is 488 g/mol. The van der Waals surface area contributed by atoms with Crippen LogP contribution in [0, 0.1) is 11.8 Å². The Bertz CT molecular complexity index is 1280. The van der Waals surface area contributed by atoms with Crippen molar-refractivity contribution < 1.29 is 49.8 Å². The molecule has 8 N–H and O–H groups in total. The van der Waals surface area contributed by atoms with Gasteiger partial charge >= 0.3 is 5.97 Å². The topological polar surface area (TPSA) is 219 Å². The molecule has 4 unspecified atom stereocenters. The maximum absolute atomic E-state index is 13.5. The van der Waals surface area contributed by atoms with E-state index >= 15 is 0 Å². The number of carboxylic acids is 1. The molecule has 0 aromatic heterocycles. The van der Waals surface area contributed by atoms with E-state index in [4.69, 9.17) is 5.73 Å². The minimum atomic E-state index is -3.02. The molecular formula is C23H24N2O10. The van der Waals surface area contributed by atoms with E-state index in [1.807, 2.05) is 0 Å². The van der Waals surface area contributed by atoms with Crippen molar-refractivity contribution in [2.45, 2.75) is 30.6 Å². The van der Waals surface area contributed by atoms with Gasteiger partial charge in [-0.15, -0.1) is 0 Å². The Morgan fingerprint density at radius 2 is 1.71 bits per heavy atom. The number of carboxylic acid groups (broad SMARTS) is 1. The van der Waals surface area contributed by atoms with Crippen LogP contribution in [0.25, 0.3) is 0 Å². The molecule has 0 fully saturated rings. The number of rotatable bonds is 3. The number of ketones is 2. The van der Waals surface area contributed by atoms with Gasteiger partial charge in [0.25, 0.3) is 5.91 Å². The zero-order valence-corrected chi connectivity index (χ0v) is 18.9. The summed E-state index contributed by atoms with van der Waals surface area (Å²) in [5.74, 6) is -12.0. The highest BCUT2D eigenvalue weighted by atomic mass is 16.4. The molecule has 1 aromatic carbocycles. The molecule has 4 rings (SSSR count). The van der Waals surface area contributed by atoms with Crippen LogP contribution in [0.5, 0.6) is 5.75 Å². The van der Waals surface area contributed by atoms with E-state index in [0.29, 0.717) is 0 Å². The van der Waals surface area contributed by atoms with Crippen molar-refractivity contribution in [3.63, 3.8) is 0 Å². The highest BCUT2D eigenvalue weighted by Gasteiger charge is 2.67. The Kier molecular flexibility index (Phi) is 5.32. The van der Waals surface area contributed by atoms with Gasteiger partial charge in [-0.1, -0.05) is 13.0 Å². The number of aromatic hydroxyl groups is 1. The number of nitrogens with zero attached hydrogens (tertiary/aromatic N) is 1. The largest absolute Gasteiger partial charge is 0.510 e. The zero-order valence-electron chi connectivity index (χ0n) is 18.9. The first kappa shape index (κ1) is 24.4. The smallest absolute Gasteiger partial charge is 0.339 e. The summed E-state index contributed by atoms with van der Waals surface area (Å²) in [5, 5.41) is 64.8. The number of hydrogen-bond acceptors (Lipinski definition) is 10. The lowest BCUT2D eigenvalue weighted by molar-refractivity contribution is -0.162. The number of nitrogens with two attached hydrogens (primary N) is 1. The number of aliphatic hydroxyl groups excluding tert-OH is 3. The second-order valence-electron chi connectivity index (χ2n) is 9.28. The van der Waals surface area contributed by atoms with Gasteiger partial charge in [0.05, 0.1) is 23.6 Å². The third-order valence-corrected chi connectivity index (χ3v) is 7.36. The Hall–Kier alpha value is -3.74. The summed E-state index contributed by atoms with van der Waals surface area (Å²) in [4.78, 5) is 51.5. The fraction of sp³-hybridized carbons (Fsp3) is 0.391. The average molecular weight is 488 g/mol. The number of amides is 1. The molecule has 0 heterocycles. The molecule has 186 valence electrons. The lowest BCUT2D eigenvalue weighted by Crippen LogP contribution is -2.68. The average Bonchev–Trinajstić information content (AvgIpc) is 2.75. The number of carbonyl (C=O) groups is 4. The molecule has 6 atom stereocenters. The van der Waals surface area contributed by atoms with Crippen LogP contribution in [0.15, 0.2) is 34.8 Å². The van der Waals surface area contributed by atoms with Crippen LogP contribution >= 0.6 is 0 Å². The van der Waals surface area contributed by atoms with Crippen molar-refractivity contribution in [2.75, 3.05) is 14.1 Å². The number of carbonyl (C=O) groups excluding carboxylic acids is 3. The third-order valence-electron chi connectivity index (χ3n) is 7.36. The first-order chi connectivity index (χ1) is 16.2. The fourth-order valence-corrected chi connectivity index (χ4v) is 5.80. The summed E-state index contributed by atoms with van der Waals surface area (Å²) in [6, 6.07) is 1.05. The van der Waals surface area contributed by atoms with Crippen molar-refractivity contribution in [2.24, 2.45) is 17.6 Å². The number of hydrogen-bond donors (Lipinski definition) is 7. The van der Waals surface area contributed by atoms with Crippen LogP contribution < -0.4 is 5.73 Å². The van der Waals surface area contributed by atoms with E-state index in [9.17, 15) is 49.8 Å². The molecule has 0 bridgehead atoms. The number of likely N-dealkylation sites (N-methyl/N-ethyl adjacent to an activating group) is 1. The van der Waals surface area contributed by atoms with Gasteiger partial charge < -0.3 is 36.4 Å². The number of aliphatic hydroxyl groups is 4. The van der Waals surface area contributed by atoms with E-state index in [1.165, 1.54) is 25.1 Å². The molecule has 0 aliphatic heterocycles. The second kappa shape index (κ2) is 7.63. The van der Waals surface area contributed by atoms with Gasteiger partial charge in [-0.25, -0.2) is 4.79 Å². The Balaban J connectivity index is 2.06. The van der Waals surface area contributed by atoms with Gasteiger partial charge in [-0.3, -0.25) is 19.3 Å². The summed E-state index contributed by atoms with van der Waals surface area (Å²) in [7, 11) is 2.88. The number of fused-ring (bicyclic) bond motifs is 3. The van der Waals surface area contributed by atoms with Gasteiger partial charge in [0, 0.05) is 11.5 Å².